The van der Waals surface area contributed by atoms with E-state index in [9.17, 15) is 4.79 Å². The number of primary amides is 1. The third-order valence-corrected chi connectivity index (χ3v) is 5.49. The average Bonchev–Trinajstić information content (AvgIpc) is 2.86. The number of aromatic nitrogens is 3. The lowest BCUT2D eigenvalue weighted by Gasteiger charge is -2.22. The number of nitrogens with two attached hydrogens (primary N) is 2. The molecule has 1 amide bonds. The lowest BCUT2D eigenvalue weighted by atomic mass is 10.0. The van der Waals surface area contributed by atoms with Gasteiger partial charge in [-0.2, -0.15) is 0 Å². The number of nitrogens with zero attached hydrogens (tertiary/aromatic N) is 4. The first-order valence-electron chi connectivity index (χ1n) is 11.2. The van der Waals surface area contributed by atoms with Crippen molar-refractivity contribution in [1.29, 1.82) is 0 Å². The molecule has 3 heterocycles. The van der Waals surface area contributed by atoms with Crippen molar-refractivity contribution in [2.24, 2.45) is 11.5 Å². The quantitative estimate of drug-likeness (QED) is 0.382. The standard InChI is InChI=1S/C27H28N6O/c28-14-13-20-7-9-21(10-8-20)26-25(27(29)34)12-11-24(32-26)19-33(17-22-5-1-3-15-30-22)18-23-6-2-4-16-31-23/h1-12,15-16H,13-14,17-19,28H2,(H2,29,34). The summed E-state index contributed by atoms with van der Waals surface area (Å²) in [4.78, 5) is 28.2. The summed E-state index contributed by atoms with van der Waals surface area (Å²) in [6, 6.07) is 23.3. The van der Waals surface area contributed by atoms with Gasteiger partial charge in [0.2, 0.25) is 0 Å². The molecule has 4 rings (SSSR count). The number of rotatable bonds is 10. The molecule has 0 fully saturated rings. The van der Waals surface area contributed by atoms with Crippen LogP contribution in [0.25, 0.3) is 11.3 Å². The Balaban J connectivity index is 1.63. The Kier molecular flexibility index (Phi) is 7.70. The molecule has 0 spiro atoms. The average molecular weight is 453 g/mol. The molecule has 0 unspecified atom stereocenters. The Morgan fingerprint density at radius 3 is 1.91 bits per heavy atom. The van der Waals surface area contributed by atoms with Crippen LogP contribution in [0.1, 0.15) is 33.0 Å². The fraction of sp³-hybridized carbons (Fsp3) is 0.185. The van der Waals surface area contributed by atoms with Gasteiger partial charge in [-0.25, -0.2) is 0 Å². The van der Waals surface area contributed by atoms with Gasteiger partial charge in [-0.3, -0.25) is 24.6 Å². The predicted molar refractivity (Wildman–Crippen MR) is 132 cm³/mol. The molecule has 0 aliphatic carbocycles. The van der Waals surface area contributed by atoms with Crippen LogP contribution in [0.2, 0.25) is 0 Å². The van der Waals surface area contributed by atoms with Gasteiger partial charge >= 0.3 is 0 Å². The molecule has 1 aromatic carbocycles. The van der Waals surface area contributed by atoms with Crippen molar-refractivity contribution in [3.05, 3.63) is 113 Å². The van der Waals surface area contributed by atoms with E-state index < -0.39 is 5.91 Å². The summed E-state index contributed by atoms with van der Waals surface area (Å²) in [5, 5.41) is 0. The van der Waals surface area contributed by atoms with Gasteiger partial charge in [0, 0.05) is 37.6 Å². The van der Waals surface area contributed by atoms with E-state index in [1.165, 1.54) is 0 Å². The summed E-state index contributed by atoms with van der Waals surface area (Å²) in [6.45, 7) is 2.42. The molecule has 0 saturated carbocycles. The summed E-state index contributed by atoms with van der Waals surface area (Å²) in [7, 11) is 0. The van der Waals surface area contributed by atoms with Crippen molar-refractivity contribution >= 4 is 5.91 Å². The van der Waals surface area contributed by atoms with Crippen molar-refractivity contribution in [2.75, 3.05) is 6.54 Å². The van der Waals surface area contributed by atoms with E-state index in [1.54, 1.807) is 18.5 Å². The molecule has 7 nitrogen and oxygen atoms in total. The van der Waals surface area contributed by atoms with Gasteiger partial charge in [0.1, 0.15) is 0 Å². The predicted octanol–water partition coefficient (Wildman–Crippen LogP) is 3.34. The van der Waals surface area contributed by atoms with Crippen LogP contribution in [-0.4, -0.2) is 32.3 Å². The van der Waals surface area contributed by atoms with E-state index >= 15 is 0 Å². The normalized spacial score (nSPS) is 11.0. The summed E-state index contributed by atoms with van der Waals surface area (Å²) in [5.74, 6) is -0.501. The maximum Gasteiger partial charge on any atom is 0.250 e. The van der Waals surface area contributed by atoms with Crippen LogP contribution in [0.3, 0.4) is 0 Å². The number of hydrogen-bond acceptors (Lipinski definition) is 6. The lowest BCUT2D eigenvalue weighted by molar-refractivity contribution is 0.100. The highest BCUT2D eigenvalue weighted by atomic mass is 16.1. The number of pyridine rings is 3. The Morgan fingerprint density at radius 1 is 0.765 bits per heavy atom. The molecule has 7 heteroatoms. The molecule has 0 bridgehead atoms. The van der Waals surface area contributed by atoms with Crippen LogP contribution in [0.15, 0.2) is 85.2 Å². The zero-order valence-corrected chi connectivity index (χ0v) is 19.0. The lowest BCUT2D eigenvalue weighted by Crippen LogP contribution is -2.24. The highest BCUT2D eigenvalue weighted by Gasteiger charge is 2.16. The van der Waals surface area contributed by atoms with Crippen LogP contribution in [-0.2, 0) is 26.1 Å². The second kappa shape index (κ2) is 11.3. The molecular weight excluding hydrogens is 424 g/mol. The van der Waals surface area contributed by atoms with E-state index in [0.29, 0.717) is 37.4 Å². The summed E-state index contributed by atoms with van der Waals surface area (Å²) in [6.07, 6.45) is 4.38. The van der Waals surface area contributed by atoms with Crippen molar-refractivity contribution in [1.82, 2.24) is 19.9 Å². The zero-order chi connectivity index (χ0) is 23.8. The molecule has 0 aliphatic rings. The summed E-state index contributed by atoms with van der Waals surface area (Å²) < 4.78 is 0. The molecule has 3 aromatic heterocycles. The molecule has 0 radical (unpaired) electrons. The Hall–Kier alpha value is -3.94. The van der Waals surface area contributed by atoms with E-state index in [1.807, 2.05) is 66.7 Å². The molecule has 4 aromatic rings. The van der Waals surface area contributed by atoms with Gasteiger partial charge in [0.15, 0.2) is 0 Å². The summed E-state index contributed by atoms with van der Waals surface area (Å²) in [5.41, 5.74) is 17.0. The minimum atomic E-state index is -0.501. The van der Waals surface area contributed by atoms with E-state index in [4.69, 9.17) is 16.5 Å². The Bertz CT molecular complexity index is 1170. The van der Waals surface area contributed by atoms with Gasteiger partial charge in [0.25, 0.3) is 5.91 Å². The number of hydrogen-bond donors (Lipinski definition) is 2. The highest BCUT2D eigenvalue weighted by molar-refractivity contribution is 5.98. The van der Waals surface area contributed by atoms with Gasteiger partial charge in [-0.15, -0.1) is 0 Å². The largest absolute Gasteiger partial charge is 0.366 e. The molecule has 0 atom stereocenters. The number of carbonyl (C=O) groups excluding carboxylic acids is 1. The van der Waals surface area contributed by atoms with Gasteiger partial charge in [0.05, 0.1) is 28.3 Å². The number of carbonyl (C=O) groups is 1. The first-order valence-corrected chi connectivity index (χ1v) is 11.2. The third-order valence-electron chi connectivity index (χ3n) is 5.49. The van der Waals surface area contributed by atoms with Crippen LogP contribution in [0.5, 0.6) is 0 Å². The van der Waals surface area contributed by atoms with Crippen molar-refractivity contribution < 1.29 is 4.79 Å². The van der Waals surface area contributed by atoms with Crippen LogP contribution >= 0.6 is 0 Å². The summed E-state index contributed by atoms with van der Waals surface area (Å²) >= 11 is 0. The Morgan fingerprint density at radius 2 is 1.38 bits per heavy atom. The third kappa shape index (κ3) is 6.10. The van der Waals surface area contributed by atoms with Gasteiger partial charge in [-0.1, -0.05) is 36.4 Å². The van der Waals surface area contributed by atoms with Crippen LogP contribution < -0.4 is 11.5 Å². The Labute approximate surface area is 199 Å². The monoisotopic (exact) mass is 452 g/mol. The second-order valence-electron chi connectivity index (χ2n) is 8.09. The molecule has 0 aliphatic heterocycles. The van der Waals surface area contributed by atoms with Crippen molar-refractivity contribution in [2.45, 2.75) is 26.1 Å². The minimum Gasteiger partial charge on any atom is -0.366 e. The fourth-order valence-electron chi connectivity index (χ4n) is 3.84. The van der Waals surface area contributed by atoms with Gasteiger partial charge < -0.3 is 11.5 Å². The van der Waals surface area contributed by atoms with E-state index in [-0.39, 0.29) is 0 Å². The van der Waals surface area contributed by atoms with E-state index in [0.717, 1.165) is 34.6 Å². The first kappa shape index (κ1) is 23.2. The maximum absolute atomic E-state index is 12.1. The molecule has 172 valence electrons. The topological polar surface area (TPSA) is 111 Å². The minimum absolute atomic E-state index is 0.399. The van der Waals surface area contributed by atoms with E-state index in [2.05, 4.69) is 14.9 Å². The van der Waals surface area contributed by atoms with Gasteiger partial charge in [-0.05, 0) is 54.9 Å². The molecular formula is C27H28N6O. The second-order valence-corrected chi connectivity index (χ2v) is 8.09. The van der Waals surface area contributed by atoms with Crippen molar-refractivity contribution in [3.8, 4) is 11.3 Å². The van der Waals surface area contributed by atoms with Crippen molar-refractivity contribution in [3.63, 3.8) is 0 Å². The van der Waals surface area contributed by atoms with Crippen LogP contribution in [0.4, 0.5) is 0 Å². The maximum atomic E-state index is 12.1. The smallest absolute Gasteiger partial charge is 0.250 e. The highest BCUT2D eigenvalue weighted by Crippen LogP contribution is 2.24. The molecule has 4 N–H and O–H groups in total. The number of amides is 1. The first-order chi connectivity index (χ1) is 16.6. The zero-order valence-electron chi connectivity index (χ0n) is 19.0. The number of benzene rings is 1. The van der Waals surface area contributed by atoms with Crippen LogP contribution in [0, 0.1) is 0 Å². The SMILES string of the molecule is NCCc1ccc(-c2nc(CN(Cc3ccccn3)Cc3ccccn3)ccc2C(N)=O)cc1. The molecule has 0 saturated heterocycles. The fourth-order valence-corrected chi connectivity index (χ4v) is 3.84. The molecule has 34 heavy (non-hydrogen) atoms.